The largest absolute Gasteiger partial charge is 0.496 e. The molecule has 10 nitrogen and oxygen atoms in total. The molecule has 0 saturated carbocycles. The summed E-state index contributed by atoms with van der Waals surface area (Å²) in [5.74, 6) is -0.805. The molecule has 4 amide bonds. The minimum absolute atomic E-state index is 0.246. The van der Waals surface area contributed by atoms with E-state index in [0.717, 1.165) is 30.8 Å². The van der Waals surface area contributed by atoms with Crippen LogP contribution in [0.5, 0.6) is 5.75 Å². The molecule has 3 aromatic rings. The van der Waals surface area contributed by atoms with Crippen LogP contribution in [0.25, 0.3) is 10.8 Å². The van der Waals surface area contributed by atoms with Crippen LogP contribution >= 0.6 is 0 Å². The number of hydrogen-bond acceptors (Lipinski definition) is 8. The second-order valence-corrected chi connectivity index (χ2v) is 10.5. The van der Waals surface area contributed by atoms with Gasteiger partial charge in [-0.25, -0.2) is 0 Å². The number of ether oxygens (including phenoxy) is 1. The molecule has 0 atom stereocenters. The van der Waals surface area contributed by atoms with Crippen molar-refractivity contribution in [3.8, 4) is 5.75 Å². The highest BCUT2D eigenvalue weighted by atomic mass is 16.5. The Kier molecular flexibility index (Phi) is 9.26. The second-order valence-electron chi connectivity index (χ2n) is 10.5. The summed E-state index contributed by atoms with van der Waals surface area (Å²) in [7, 11) is 3.54. The maximum Gasteiger partial charge on any atom is 0.261 e. The van der Waals surface area contributed by atoms with Crippen LogP contribution in [0.4, 0.5) is 0 Å². The normalized spacial score (nSPS) is 14.3. The molecule has 2 heterocycles. The Labute approximate surface area is 245 Å². The van der Waals surface area contributed by atoms with Gasteiger partial charge >= 0.3 is 0 Å². The lowest BCUT2D eigenvalue weighted by molar-refractivity contribution is 0.0587. The Morgan fingerprint density at radius 2 is 1.10 bits per heavy atom. The number of nitrogens with one attached hydrogen (secondary N) is 3. The highest BCUT2D eigenvalue weighted by Gasteiger charge is 2.39. The van der Waals surface area contributed by atoms with Crippen molar-refractivity contribution in [1.82, 2.24) is 25.8 Å². The van der Waals surface area contributed by atoms with Crippen molar-refractivity contribution in [2.45, 2.75) is 25.8 Å². The average Bonchev–Trinajstić information content (AvgIpc) is 3.01. The minimum atomic E-state index is -0.410. The fourth-order valence-corrected chi connectivity index (χ4v) is 5.69. The summed E-state index contributed by atoms with van der Waals surface area (Å²) >= 11 is 0. The van der Waals surface area contributed by atoms with Crippen molar-refractivity contribution >= 4 is 34.4 Å². The monoisotopic (exact) mass is 571 g/mol. The summed E-state index contributed by atoms with van der Waals surface area (Å²) < 4.78 is 5.38. The third kappa shape index (κ3) is 5.65. The Balaban J connectivity index is 1.26. The molecular formula is C32H37N5O5. The van der Waals surface area contributed by atoms with Gasteiger partial charge in [-0.05, 0) is 82.8 Å². The molecule has 0 spiro atoms. The lowest BCUT2D eigenvalue weighted by Crippen LogP contribution is -2.44. The maximum absolute atomic E-state index is 13.5. The Morgan fingerprint density at radius 1 is 0.619 bits per heavy atom. The van der Waals surface area contributed by atoms with Gasteiger partial charge in [-0.15, -0.1) is 0 Å². The van der Waals surface area contributed by atoms with E-state index in [1.54, 1.807) is 31.4 Å². The molecule has 0 aromatic heterocycles. The Hall–Kier alpha value is -4.12. The van der Waals surface area contributed by atoms with Crippen molar-refractivity contribution in [1.29, 1.82) is 0 Å². The van der Waals surface area contributed by atoms with Crippen LogP contribution in [0.15, 0.2) is 48.5 Å². The van der Waals surface area contributed by atoms with Crippen molar-refractivity contribution in [2.75, 3.05) is 53.4 Å². The van der Waals surface area contributed by atoms with Crippen molar-refractivity contribution < 1.29 is 23.9 Å². The molecule has 0 aliphatic carbocycles. The maximum atomic E-state index is 13.5. The minimum Gasteiger partial charge on any atom is -0.496 e. The predicted octanol–water partition coefficient (Wildman–Crippen LogP) is 2.81. The predicted molar refractivity (Wildman–Crippen MR) is 160 cm³/mol. The van der Waals surface area contributed by atoms with Gasteiger partial charge in [0.05, 0.1) is 7.11 Å². The molecule has 0 saturated heterocycles. The first-order valence-electron chi connectivity index (χ1n) is 14.5. The topological polar surface area (TPSA) is 120 Å². The van der Waals surface area contributed by atoms with Crippen molar-refractivity contribution in [3.05, 3.63) is 76.3 Å². The highest BCUT2D eigenvalue weighted by molar-refractivity contribution is 6.33. The van der Waals surface area contributed by atoms with Gasteiger partial charge in [0.2, 0.25) is 0 Å². The van der Waals surface area contributed by atoms with E-state index < -0.39 is 23.6 Å². The first-order valence-corrected chi connectivity index (χ1v) is 14.5. The molecule has 5 rings (SSSR count). The van der Waals surface area contributed by atoms with Crippen molar-refractivity contribution in [2.24, 2.45) is 0 Å². The number of amides is 4. The van der Waals surface area contributed by atoms with Gasteiger partial charge in [-0.2, -0.15) is 0 Å². The van der Waals surface area contributed by atoms with Gasteiger partial charge < -0.3 is 20.7 Å². The summed E-state index contributed by atoms with van der Waals surface area (Å²) in [4.78, 5) is 56.3. The standard InChI is InChI=1S/C32H37N5O5/c1-33-14-5-15-34-16-6-18-36-29(38)22-10-12-24-28-25(13-11-23(27(22)28)30(36)39)32(41)37(31(24)40)19-7-17-35-20-21-8-3-4-9-26(21)42-2/h3-4,8-13,33-35H,5-7,14-20H2,1-2H3. The zero-order valence-corrected chi connectivity index (χ0v) is 24.1. The summed E-state index contributed by atoms with van der Waals surface area (Å²) in [6.07, 6.45) is 2.19. The third-order valence-electron chi connectivity index (χ3n) is 7.82. The lowest BCUT2D eigenvalue weighted by atomic mass is 9.86. The molecule has 2 aliphatic heterocycles. The number of rotatable bonds is 15. The van der Waals surface area contributed by atoms with E-state index in [0.29, 0.717) is 65.5 Å². The van der Waals surface area contributed by atoms with E-state index in [1.165, 1.54) is 9.80 Å². The Bertz CT molecular complexity index is 1450. The molecule has 42 heavy (non-hydrogen) atoms. The van der Waals surface area contributed by atoms with E-state index >= 15 is 0 Å². The molecule has 2 aliphatic rings. The van der Waals surface area contributed by atoms with Crippen LogP contribution in [0.2, 0.25) is 0 Å². The number of nitrogens with zero attached hydrogens (tertiary/aromatic N) is 2. The van der Waals surface area contributed by atoms with Crippen LogP contribution in [0.3, 0.4) is 0 Å². The first kappa shape index (κ1) is 29.4. The lowest BCUT2D eigenvalue weighted by Gasteiger charge is -2.32. The average molecular weight is 572 g/mol. The van der Waals surface area contributed by atoms with Crippen LogP contribution in [0.1, 0.15) is 66.3 Å². The van der Waals surface area contributed by atoms with Gasteiger partial charge in [0.15, 0.2) is 0 Å². The SMILES string of the molecule is CNCCCNCCCN1C(=O)c2ccc3c4c(ccc(c24)C1=O)C(=O)N(CCCNCc1ccccc1OC)C3=O. The molecular weight excluding hydrogens is 534 g/mol. The Morgan fingerprint density at radius 3 is 1.60 bits per heavy atom. The molecule has 220 valence electrons. The third-order valence-corrected chi connectivity index (χ3v) is 7.82. The van der Waals surface area contributed by atoms with Crippen LogP contribution < -0.4 is 20.7 Å². The molecule has 3 aromatic carbocycles. The summed E-state index contributed by atoms with van der Waals surface area (Å²) in [6.45, 7) is 4.20. The van der Waals surface area contributed by atoms with Gasteiger partial charge in [0.1, 0.15) is 5.75 Å². The van der Waals surface area contributed by atoms with Crippen molar-refractivity contribution in [3.63, 3.8) is 0 Å². The number of carbonyl (C=O) groups is 4. The fraction of sp³-hybridized carbons (Fsp3) is 0.375. The molecule has 0 radical (unpaired) electrons. The summed E-state index contributed by atoms with van der Waals surface area (Å²) in [5.41, 5.74) is 2.40. The first-order chi connectivity index (χ1) is 20.5. The van der Waals surface area contributed by atoms with E-state index in [2.05, 4.69) is 16.0 Å². The zero-order chi connectivity index (χ0) is 29.6. The van der Waals surface area contributed by atoms with Gasteiger partial charge in [-0.3, -0.25) is 29.0 Å². The smallest absolute Gasteiger partial charge is 0.261 e. The molecule has 3 N–H and O–H groups in total. The number of para-hydroxylation sites is 1. The van der Waals surface area contributed by atoms with E-state index in [4.69, 9.17) is 4.74 Å². The fourth-order valence-electron chi connectivity index (χ4n) is 5.69. The molecule has 10 heteroatoms. The van der Waals surface area contributed by atoms with E-state index in [-0.39, 0.29) is 13.1 Å². The molecule has 0 unspecified atom stereocenters. The number of benzene rings is 3. The van der Waals surface area contributed by atoms with Crippen LogP contribution in [-0.4, -0.2) is 86.9 Å². The summed E-state index contributed by atoms with van der Waals surface area (Å²) in [6, 6.07) is 14.2. The van der Waals surface area contributed by atoms with Gasteiger partial charge in [-0.1, -0.05) is 18.2 Å². The number of carbonyl (C=O) groups excluding carboxylic acids is 4. The second kappa shape index (κ2) is 13.2. The molecule has 0 fully saturated rings. The molecule has 0 bridgehead atoms. The number of imide groups is 2. The van der Waals surface area contributed by atoms with Gasteiger partial charge in [0, 0.05) is 58.2 Å². The van der Waals surface area contributed by atoms with Crippen LogP contribution in [-0.2, 0) is 6.54 Å². The van der Waals surface area contributed by atoms with Gasteiger partial charge in [0.25, 0.3) is 23.6 Å². The van der Waals surface area contributed by atoms with E-state index in [9.17, 15) is 19.2 Å². The highest BCUT2D eigenvalue weighted by Crippen LogP contribution is 2.37. The number of hydrogen-bond donors (Lipinski definition) is 3. The zero-order valence-electron chi connectivity index (χ0n) is 24.1. The summed E-state index contributed by atoms with van der Waals surface area (Å²) in [5, 5.41) is 10.6. The van der Waals surface area contributed by atoms with E-state index in [1.807, 2.05) is 31.3 Å². The quantitative estimate of drug-likeness (QED) is 0.188. The van der Waals surface area contributed by atoms with Crippen LogP contribution in [0, 0.1) is 0 Å². The number of methoxy groups -OCH3 is 1.